The number of allylic oxidation sites excluding steroid dienone is 2. The van der Waals surface area contributed by atoms with Crippen LogP contribution in [0.4, 0.5) is 5.69 Å². The zero-order chi connectivity index (χ0) is 14.4. The second kappa shape index (κ2) is 6.43. The summed E-state index contributed by atoms with van der Waals surface area (Å²) in [5.41, 5.74) is -0.308. The van der Waals surface area contributed by atoms with Gasteiger partial charge in [0.25, 0.3) is 0 Å². The first-order valence-corrected chi connectivity index (χ1v) is 5.85. The summed E-state index contributed by atoms with van der Waals surface area (Å²) in [4.78, 5) is 0. The van der Waals surface area contributed by atoms with Gasteiger partial charge in [0.2, 0.25) is 0 Å². The minimum atomic E-state index is -0.387. The van der Waals surface area contributed by atoms with Crippen molar-refractivity contribution < 1.29 is 0 Å². The summed E-state index contributed by atoms with van der Waals surface area (Å²) in [6.45, 7) is 0. The molecular weight excluding hydrogens is 330 g/mol. The topological polar surface area (TPSA) is 107 Å². The third-order valence-corrected chi connectivity index (χ3v) is 3.03. The third kappa shape index (κ3) is 3.03. The molecule has 0 aliphatic rings. The number of nitrogens with zero attached hydrogens (tertiary/aromatic N) is 4. The van der Waals surface area contributed by atoms with Gasteiger partial charge in [0.15, 0.2) is 5.57 Å². The van der Waals surface area contributed by atoms with E-state index in [2.05, 4.69) is 21.2 Å². The van der Waals surface area contributed by atoms with E-state index >= 15 is 0 Å². The molecule has 0 amide bonds. The zero-order valence-electron chi connectivity index (χ0n) is 9.20. The number of halogens is 2. The number of benzene rings is 1. The third-order valence-electron chi connectivity index (χ3n) is 2.05. The fourth-order valence-corrected chi connectivity index (χ4v) is 1.82. The van der Waals surface area contributed by atoms with E-state index in [4.69, 9.17) is 32.6 Å². The summed E-state index contributed by atoms with van der Waals surface area (Å²) in [5.74, 6) is 0. The van der Waals surface area contributed by atoms with Crippen LogP contribution in [0, 0.1) is 45.3 Å². The number of nitriles is 4. The number of nitrogens with one attached hydrogen (secondary N) is 1. The summed E-state index contributed by atoms with van der Waals surface area (Å²) in [7, 11) is 0. The van der Waals surface area contributed by atoms with Gasteiger partial charge in [-0.25, -0.2) is 0 Å². The van der Waals surface area contributed by atoms with Crippen molar-refractivity contribution in [2.75, 3.05) is 5.32 Å². The van der Waals surface area contributed by atoms with Crippen LogP contribution in [-0.2, 0) is 0 Å². The average Bonchev–Trinajstić information content (AvgIpc) is 2.42. The van der Waals surface area contributed by atoms with Crippen molar-refractivity contribution in [3.63, 3.8) is 0 Å². The SMILES string of the molecule is N#CC(C#N)=C(C#N)Nc1c(Cl)ccc(Br)c1C#N. The lowest BCUT2D eigenvalue weighted by atomic mass is 10.1. The van der Waals surface area contributed by atoms with E-state index < -0.39 is 0 Å². The highest BCUT2D eigenvalue weighted by atomic mass is 79.9. The van der Waals surface area contributed by atoms with Crippen molar-refractivity contribution in [2.24, 2.45) is 0 Å². The number of hydrogen-bond donors (Lipinski definition) is 1. The maximum absolute atomic E-state index is 9.05. The summed E-state index contributed by atoms with van der Waals surface area (Å²) in [6, 6.07) is 9.89. The van der Waals surface area contributed by atoms with Crippen LogP contribution in [-0.4, -0.2) is 0 Å². The fraction of sp³-hybridized carbons (Fsp3) is 0. The normalized spacial score (nSPS) is 8.32. The Morgan fingerprint density at radius 1 is 1.11 bits per heavy atom. The van der Waals surface area contributed by atoms with Crippen molar-refractivity contribution in [3.8, 4) is 24.3 Å². The Balaban J connectivity index is 3.45. The molecule has 0 saturated heterocycles. The molecule has 1 rings (SSSR count). The fourth-order valence-electron chi connectivity index (χ4n) is 1.19. The molecule has 0 heterocycles. The first kappa shape index (κ1) is 14.6. The van der Waals surface area contributed by atoms with Gasteiger partial charge in [-0.2, -0.15) is 21.0 Å². The molecule has 7 heteroatoms. The Bertz CT molecular complexity index is 709. The lowest BCUT2D eigenvalue weighted by molar-refractivity contribution is 1.36. The highest BCUT2D eigenvalue weighted by Crippen LogP contribution is 2.32. The minimum Gasteiger partial charge on any atom is -0.343 e. The predicted octanol–water partition coefficient (Wildman–Crippen LogP) is 3.21. The monoisotopic (exact) mass is 331 g/mol. The van der Waals surface area contributed by atoms with Gasteiger partial charge >= 0.3 is 0 Å². The molecule has 1 aromatic rings. The second-order valence-electron chi connectivity index (χ2n) is 3.10. The highest BCUT2D eigenvalue weighted by Gasteiger charge is 2.14. The Labute approximate surface area is 122 Å². The van der Waals surface area contributed by atoms with Crippen molar-refractivity contribution in [1.82, 2.24) is 0 Å². The maximum atomic E-state index is 9.05. The molecule has 0 spiro atoms. The van der Waals surface area contributed by atoms with Crippen LogP contribution < -0.4 is 5.32 Å². The molecule has 0 bridgehead atoms. The van der Waals surface area contributed by atoms with E-state index in [1.165, 1.54) is 6.07 Å². The molecule has 0 aliphatic carbocycles. The molecular formula is C12H3BrClN5. The lowest BCUT2D eigenvalue weighted by Gasteiger charge is -2.10. The molecule has 0 saturated carbocycles. The van der Waals surface area contributed by atoms with Crippen molar-refractivity contribution >= 4 is 33.2 Å². The smallest absolute Gasteiger partial charge is 0.163 e. The minimum absolute atomic E-state index is 0.165. The molecule has 0 radical (unpaired) electrons. The van der Waals surface area contributed by atoms with Crippen molar-refractivity contribution in [2.45, 2.75) is 0 Å². The van der Waals surface area contributed by atoms with Gasteiger partial charge in [-0.15, -0.1) is 0 Å². The van der Waals surface area contributed by atoms with E-state index in [1.807, 2.05) is 6.07 Å². The van der Waals surface area contributed by atoms with Crippen LogP contribution >= 0.6 is 27.5 Å². The van der Waals surface area contributed by atoms with Crippen LogP contribution in [0.2, 0.25) is 5.02 Å². The lowest BCUT2D eigenvalue weighted by Crippen LogP contribution is -2.03. The van der Waals surface area contributed by atoms with Crippen molar-refractivity contribution in [3.05, 3.63) is 38.5 Å². The highest BCUT2D eigenvalue weighted by molar-refractivity contribution is 9.10. The zero-order valence-corrected chi connectivity index (χ0v) is 11.5. The molecule has 0 aromatic heterocycles. The van der Waals surface area contributed by atoms with E-state index in [1.54, 1.807) is 24.3 Å². The number of rotatable bonds is 2. The van der Waals surface area contributed by atoms with Gasteiger partial charge in [-0.3, -0.25) is 0 Å². The van der Waals surface area contributed by atoms with Gasteiger partial charge in [-0.05, 0) is 28.1 Å². The molecule has 1 aromatic carbocycles. The van der Waals surface area contributed by atoms with Gasteiger partial charge in [0, 0.05) is 4.47 Å². The Hall–Kier alpha value is -2.51. The summed E-state index contributed by atoms with van der Waals surface area (Å²) < 4.78 is 0.481. The Kier molecular flexibility index (Phi) is 4.92. The Morgan fingerprint density at radius 2 is 1.74 bits per heavy atom. The van der Waals surface area contributed by atoms with E-state index in [9.17, 15) is 0 Å². The standard InChI is InChI=1S/C12H3BrClN5/c13-9-1-2-10(14)12(8(9)5-17)19-11(6-18)7(3-15)4-16/h1-2,19H. The quantitative estimate of drug-likeness (QED) is 0.837. The van der Waals surface area contributed by atoms with E-state index in [0.29, 0.717) is 4.47 Å². The molecule has 5 nitrogen and oxygen atoms in total. The van der Waals surface area contributed by atoms with Crippen LogP contribution in [0.15, 0.2) is 27.9 Å². The molecule has 0 aliphatic heterocycles. The van der Waals surface area contributed by atoms with E-state index in [-0.39, 0.29) is 27.5 Å². The van der Waals surface area contributed by atoms with Crippen LogP contribution in [0.25, 0.3) is 0 Å². The number of hydrogen-bond acceptors (Lipinski definition) is 5. The van der Waals surface area contributed by atoms with Gasteiger partial charge in [-0.1, -0.05) is 11.6 Å². The van der Waals surface area contributed by atoms with Crippen LogP contribution in [0.1, 0.15) is 5.56 Å². The first-order chi connectivity index (χ1) is 9.08. The van der Waals surface area contributed by atoms with Gasteiger partial charge in [0.1, 0.15) is 30.0 Å². The second-order valence-corrected chi connectivity index (χ2v) is 4.36. The summed E-state index contributed by atoms with van der Waals surface area (Å²) >= 11 is 9.11. The number of anilines is 1. The molecule has 1 N–H and O–H groups in total. The molecule has 0 fully saturated rings. The predicted molar refractivity (Wildman–Crippen MR) is 71.4 cm³/mol. The molecule has 19 heavy (non-hydrogen) atoms. The van der Waals surface area contributed by atoms with Crippen LogP contribution in [0.5, 0.6) is 0 Å². The van der Waals surface area contributed by atoms with Gasteiger partial charge < -0.3 is 5.32 Å². The van der Waals surface area contributed by atoms with Crippen molar-refractivity contribution in [1.29, 1.82) is 21.0 Å². The molecule has 0 unspecified atom stereocenters. The summed E-state index contributed by atoms with van der Waals surface area (Å²) in [5, 5.41) is 38.2. The van der Waals surface area contributed by atoms with Crippen LogP contribution in [0.3, 0.4) is 0 Å². The maximum Gasteiger partial charge on any atom is 0.163 e. The van der Waals surface area contributed by atoms with Gasteiger partial charge in [0.05, 0.1) is 16.3 Å². The first-order valence-electron chi connectivity index (χ1n) is 4.68. The molecule has 0 atom stereocenters. The summed E-state index contributed by atoms with van der Waals surface area (Å²) in [6.07, 6.45) is 0. The average molecular weight is 333 g/mol. The Morgan fingerprint density at radius 3 is 2.21 bits per heavy atom. The molecule has 90 valence electrons. The van der Waals surface area contributed by atoms with E-state index in [0.717, 1.165) is 0 Å². The largest absolute Gasteiger partial charge is 0.343 e.